The van der Waals surface area contributed by atoms with Crippen molar-refractivity contribution in [1.82, 2.24) is 10.2 Å². The molecule has 0 aliphatic rings. The van der Waals surface area contributed by atoms with Gasteiger partial charge in [0.15, 0.2) is 0 Å². The molecule has 0 unspecified atom stereocenters. The number of hydrogen-bond acceptors (Lipinski definition) is 2. The molecule has 1 N–H and O–H groups in total. The van der Waals surface area contributed by atoms with Crippen molar-refractivity contribution in [1.29, 1.82) is 0 Å². The van der Waals surface area contributed by atoms with Gasteiger partial charge in [0.25, 0.3) is 0 Å². The zero-order valence-corrected chi connectivity index (χ0v) is 21.8. The smallest absolute Gasteiger partial charge is 0.243 e. The monoisotopic (exact) mass is 510 g/mol. The van der Waals surface area contributed by atoms with E-state index in [0.717, 1.165) is 35.1 Å². The van der Waals surface area contributed by atoms with Crippen molar-refractivity contribution in [2.75, 3.05) is 6.54 Å². The van der Waals surface area contributed by atoms with E-state index in [1.165, 1.54) is 0 Å². The molecular weight excluding hydrogens is 479 g/mol. The van der Waals surface area contributed by atoms with E-state index in [2.05, 4.69) is 12.2 Å². The van der Waals surface area contributed by atoms with Crippen LogP contribution in [0.2, 0.25) is 10.0 Å². The minimum absolute atomic E-state index is 0.121. The fourth-order valence-electron chi connectivity index (χ4n) is 3.99. The van der Waals surface area contributed by atoms with Gasteiger partial charge in [0, 0.05) is 19.5 Å². The number of nitrogens with one attached hydrogen (secondary N) is 1. The molecule has 0 aliphatic heterocycles. The van der Waals surface area contributed by atoms with Gasteiger partial charge in [0.1, 0.15) is 6.04 Å². The van der Waals surface area contributed by atoms with E-state index in [0.29, 0.717) is 29.6 Å². The molecule has 0 saturated heterocycles. The largest absolute Gasteiger partial charge is 0.354 e. The van der Waals surface area contributed by atoms with Crippen LogP contribution in [0.25, 0.3) is 0 Å². The molecule has 2 amide bonds. The Morgan fingerprint density at radius 1 is 0.886 bits per heavy atom. The molecule has 1 atom stereocenters. The molecule has 4 nitrogen and oxygen atoms in total. The number of halogens is 2. The first kappa shape index (κ1) is 26.8. The van der Waals surface area contributed by atoms with Crippen LogP contribution >= 0.6 is 23.2 Å². The van der Waals surface area contributed by atoms with Crippen molar-refractivity contribution in [2.45, 2.75) is 52.1 Å². The van der Waals surface area contributed by atoms with Crippen LogP contribution in [0, 0.1) is 6.92 Å². The highest BCUT2D eigenvalue weighted by molar-refractivity contribution is 6.42. The molecule has 0 radical (unpaired) electrons. The maximum absolute atomic E-state index is 13.7. The lowest BCUT2D eigenvalue weighted by atomic mass is 10.0. The van der Waals surface area contributed by atoms with Gasteiger partial charge in [-0.05, 0) is 42.2 Å². The number of unbranched alkanes of at least 4 members (excludes halogenated alkanes) is 1. The van der Waals surface area contributed by atoms with Crippen LogP contribution in [0.5, 0.6) is 0 Å². The van der Waals surface area contributed by atoms with E-state index < -0.39 is 6.04 Å². The van der Waals surface area contributed by atoms with E-state index in [-0.39, 0.29) is 18.2 Å². The van der Waals surface area contributed by atoms with Gasteiger partial charge in [0.2, 0.25) is 11.8 Å². The zero-order chi connectivity index (χ0) is 25.2. The number of carbonyl (C=O) groups excluding carboxylic acids is 2. The Bertz CT molecular complexity index is 1130. The van der Waals surface area contributed by atoms with Crippen molar-refractivity contribution in [3.05, 3.63) is 105 Å². The second kappa shape index (κ2) is 13.3. The summed E-state index contributed by atoms with van der Waals surface area (Å²) in [4.78, 5) is 28.9. The fourth-order valence-corrected chi connectivity index (χ4v) is 4.31. The van der Waals surface area contributed by atoms with Crippen molar-refractivity contribution in [2.24, 2.45) is 0 Å². The molecule has 0 saturated carbocycles. The molecule has 3 aromatic carbocycles. The van der Waals surface area contributed by atoms with E-state index >= 15 is 0 Å². The summed E-state index contributed by atoms with van der Waals surface area (Å²) in [5.74, 6) is -0.283. The highest BCUT2D eigenvalue weighted by atomic mass is 35.5. The third kappa shape index (κ3) is 8.12. The average Bonchev–Trinajstić information content (AvgIpc) is 2.84. The van der Waals surface area contributed by atoms with Crippen LogP contribution in [-0.2, 0) is 29.0 Å². The summed E-state index contributed by atoms with van der Waals surface area (Å²) >= 11 is 12.3. The number of aryl methyl sites for hydroxylation is 1. The summed E-state index contributed by atoms with van der Waals surface area (Å²) in [7, 11) is 0. The van der Waals surface area contributed by atoms with Crippen molar-refractivity contribution in [3.8, 4) is 0 Å². The Morgan fingerprint density at radius 2 is 1.63 bits per heavy atom. The molecule has 0 aliphatic carbocycles. The molecule has 0 aromatic heterocycles. The molecule has 3 rings (SSSR count). The SMILES string of the molecule is CCCCNC(=O)[C@@H](Cc1ccccc1)N(Cc1cccc(C)c1)C(=O)Cc1ccc(Cl)c(Cl)c1. The third-order valence-electron chi connectivity index (χ3n) is 5.88. The van der Waals surface area contributed by atoms with Gasteiger partial charge in [-0.3, -0.25) is 9.59 Å². The normalized spacial score (nSPS) is 11.7. The first-order valence-corrected chi connectivity index (χ1v) is 12.7. The average molecular weight is 511 g/mol. The summed E-state index contributed by atoms with van der Waals surface area (Å²) in [5.41, 5.74) is 3.83. The van der Waals surface area contributed by atoms with E-state index in [9.17, 15) is 9.59 Å². The van der Waals surface area contributed by atoms with E-state index in [4.69, 9.17) is 23.2 Å². The fraction of sp³-hybridized carbons (Fsp3) is 0.310. The number of benzene rings is 3. The summed E-state index contributed by atoms with van der Waals surface area (Å²) in [6.07, 6.45) is 2.42. The highest BCUT2D eigenvalue weighted by Crippen LogP contribution is 2.24. The van der Waals surface area contributed by atoms with Crippen molar-refractivity contribution < 1.29 is 9.59 Å². The Hall–Kier alpha value is -2.82. The summed E-state index contributed by atoms with van der Waals surface area (Å²) in [6.45, 7) is 5.02. The van der Waals surface area contributed by atoms with Crippen molar-refractivity contribution in [3.63, 3.8) is 0 Å². The molecule has 0 heterocycles. The Labute approximate surface area is 218 Å². The van der Waals surface area contributed by atoms with Gasteiger partial charge >= 0.3 is 0 Å². The lowest BCUT2D eigenvalue weighted by molar-refractivity contribution is -0.140. The highest BCUT2D eigenvalue weighted by Gasteiger charge is 2.30. The van der Waals surface area contributed by atoms with Crippen molar-refractivity contribution >= 4 is 35.0 Å². The van der Waals surface area contributed by atoms with E-state index in [1.807, 2.05) is 61.5 Å². The maximum atomic E-state index is 13.7. The van der Waals surface area contributed by atoms with Crippen LogP contribution in [0.3, 0.4) is 0 Å². The number of carbonyl (C=O) groups is 2. The van der Waals surface area contributed by atoms with Crippen LogP contribution in [0.4, 0.5) is 0 Å². The minimum atomic E-state index is -0.648. The standard InChI is InChI=1S/C29H32Cl2N2O2/c1-3-4-15-32-29(35)27(18-22-10-6-5-7-11-22)33(20-24-12-8-9-21(2)16-24)28(34)19-23-13-14-25(30)26(31)17-23/h5-14,16-17,27H,3-4,15,18-20H2,1-2H3,(H,32,35)/t27-/m1/s1. The number of rotatable bonds is 11. The first-order chi connectivity index (χ1) is 16.9. The van der Waals surface area contributed by atoms with Gasteiger partial charge in [-0.1, -0.05) is 103 Å². The van der Waals surface area contributed by atoms with Gasteiger partial charge in [-0.2, -0.15) is 0 Å². The zero-order valence-electron chi connectivity index (χ0n) is 20.3. The van der Waals surface area contributed by atoms with E-state index in [1.54, 1.807) is 23.1 Å². The summed E-state index contributed by atoms with van der Waals surface area (Å²) in [5, 5.41) is 3.89. The Balaban J connectivity index is 1.95. The van der Waals surface area contributed by atoms with Gasteiger partial charge in [-0.15, -0.1) is 0 Å². The van der Waals surface area contributed by atoms with Crippen LogP contribution in [-0.4, -0.2) is 29.3 Å². The number of hydrogen-bond donors (Lipinski definition) is 1. The maximum Gasteiger partial charge on any atom is 0.243 e. The topological polar surface area (TPSA) is 49.4 Å². The number of nitrogens with zero attached hydrogens (tertiary/aromatic N) is 1. The summed E-state index contributed by atoms with van der Waals surface area (Å²) in [6, 6.07) is 22.4. The Kier molecular flexibility index (Phi) is 10.2. The second-order valence-corrected chi connectivity index (χ2v) is 9.60. The molecule has 0 fully saturated rings. The van der Waals surface area contributed by atoms with Crippen LogP contribution in [0.15, 0.2) is 72.8 Å². The lowest BCUT2D eigenvalue weighted by Gasteiger charge is -2.32. The van der Waals surface area contributed by atoms with Gasteiger partial charge in [-0.25, -0.2) is 0 Å². The summed E-state index contributed by atoms with van der Waals surface area (Å²) < 4.78 is 0. The lowest BCUT2D eigenvalue weighted by Crippen LogP contribution is -2.51. The third-order valence-corrected chi connectivity index (χ3v) is 6.61. The minimum Gasteiger partial charge on any atom is -0.354 e. The number of amides is 2. The predicted octanol–water partition coefficient (Wildman–Crippen LogP) is 6.40. The van der Waals surface area contributed by atoms with Gasteiger partial charge in [0.05, 0.1) is 16.5 Å². The first-order valence-electron chi connectivity index (χ1n) is 12.0. The molecule has 35 heavy (non-hydrogen) atoms. The molecule has 184 valence electrons. The van der Waals surface area contributed by atoms with Gasteiger partial charge < -0.3 is 10.2 Å². The molecule has 6 heteroatoms. The molecule has 3 aromatic rings. The predicted molar refractivity (Wildman–Crippen MR) is 144 cm³/mol. The quantitative estimate of drug-likeness (QED) is 0.303. The molecule has 0 spiro atoms. The molecular formula is C29H32Cl2N2O2. The van der Waals surface area contributed by atoms with Crippen LogP contribution in [0.1, 0.15) is 42.0 Å². The Morgan fingerprint density at radius 3 is 2.31 bits per heavy atom. The second-order valence-electron chi connectivity index (χ2n) is 8.79. The van der Waals surface area contributed by atoms with Crippen LogP contribution < -0.4 is 5.32 Å². The molecule has 0 bridgehead atoms.